The molecule has 0 fully saturated rings. The van der Waals surface area contributed by atoms with Crippen molar-refractivity contribution in [2.45, 2.75) is 6.54 Å². The van der Waals surface area contributed by atoms with Gasteiger partial charge in [0, 0.05) is 4.47 Å². The van der Waals surface area contributed by atoms with Crippen molar-refractivity contribution in [2.75, 3.05) is 5.73 Å². The normalized spacial score (nSPS) is 10.5. The Kier molecular flexibility index (Phi) is 2.98. The molecule has 1 aromatic carbocycles. The molecule has 0 aliphatic heterocycles. The highest BCUT2D eigenvalue weighted by molar-refractivity contribution is 9.10. The number of hydrogen-bond donors (Lipinski definition) is 1. The lowest BCUT2D eigenvalue weighted by Gasteiger charge is -2.05. The highest BCUT2D eigenvalue weighted by Gasteiger charge is 2.02. The van der Waals surface area contributed by atoms with E-state index in [-0.39, 0.29) is 0 Å². The number of nitrogens with two attached hydrogens (primary N) is 1. The van der Waals surface area contributed by atoms with Gasteiger partial charge in [0.15, 0.2) is 0 Å². The zero-order valence-electron chi connectivity index (χ0n) is 7.82. The first-order valence-corrected chi connectivity index (χ1v) is 5.55. The molecule has 0 unspecified atom stereocenters. The molecule has 0 aliphatic carbocycles. The second-order valence-corrected chi connectivity index (χ2v) is 4.42. The lowest BCUT2D eigenvalue weighted by atomic mass is 10.2. The fourth-order valence-electron chi connectivity index (χ4n) is 1.29. The lowest BCUT2D eigenvalue weighted by Crippen LogP contribution is -2.05. The standard InChI is InChI=1S/C10H9BrClN3/c11-8-5-7(1-2-9(8)12)6-15-10(13)3-4-14-15/h1-5H,6,13H2. The molecule has 0 amide bonds. The Labute approximate surface area is 101 Å². The Morgan fingerprint density at radius 1 is 1.40 bits per heavy atom. The summed E-state index contributed by atoms with van der Waals surface area (Å²) in [4.78, 5) is 0. The largest absolute Gasteiger partial charge is 0.384 e. The van der Waals surface area contributed by atoms with Crippen LogP contribution in [0.3, 0.4) is 0 Å². The van der Waals surface area contributed by atoms with Crippen molar-refractivity contribution in [3.05, 3.63) is 45.5 Å². The molecule has 0 aliphatic rings. The van der Waals surface area contributed by atoms with Crippen LogP contribution in [-0.2, 0) is 6.54 Å². The van der Waals surface area contributed by atoms with Crippen LogP contribution in [0.5, 0.6) is 0 Å². The summed E-state index contributed by atoms with van der Waals surface area (Å²) in [6, 6.07) is 7.53. The Morgan fingerprint density at radius 3 is 2.80 bits per heavy atom. The summed E-state index contributed by atoms with van der Waals surface area (Å²) in [6.07, 6.45) is 1.68. The van der Waals surface area contributed by atoms with Gasteiger partial charge in [-0.2, -0.15) is 5.10 Å². The highest BCUT2D eigenvalue weighted by atomic mass is 79.9. The lowest BCUT2D eigenvalue weighted by molar-refractivity contribution is 0.697. The van der Waals surface area contributed by atoms with Crippen LogP contribution in [0.4, 0.5) is 5.82 Å². The Hall–Kier alpha value is -1.000. The average Bonchev–Trinajstić information content (AvgIpc) is 2.59. The van der Waals surface area contributed by atoms with E-state index in [0.717, 1.165) is 10.0 Å². The van der Waals surface area contributed by atoms with Crippen molar-refractivity contribution in [1.29, 1.82) is 0 Å². The van der Waals surface area contributed by atoms with Gasteiger partial charge in [0.1, 0.15) is 5.82 Å². The van der Waals surface area contributed by atoms with Gasteiger partial charge in [-0.15, -0.1) is 0 Å². The third-order valence-corrected chi connectivity index (χ3v) is 3.28. The first-order chi connectivity index (χ1) is 7.16. The van der Waals surface area contributed by atoms with Gasteiger partial charge in [0.2, 0.25) is 0 Å². The van der Waals surface area contributed by atoms with E-state index in [1.807, 2.05) is 18.2 Å². The second-order valence-electron chi connectivity index (χ2n) is 3.16. The van der Waals surface area contributed by atoms with Crippen LogP contribution in [0.2, 0.25) is 5.02 Å². The summed E-state index contributed by atoms with van der Waals surface area (Å²) in [7, 11) is 0. The van der Waals surface area contributed by atoms with Crippen LogP contribution < -0.4 is 5.73 Å². The van der Waals surface area contributed by atoms with Gasteiger partial charge in [-0.05, 0) is 39.7 Å². The second kappa shape index (κ2) is 4.24. The molecule has 78 valence electrons. The molecule has 2 rings (SSSR count). The van der Waals surface area contributed by atoms with E-state index in [9.17, 15) is 0 Å². The summed E-state index contributed by atoms with van der Waals surface area (Å²) in [5.41, 5.74) is 6.82. The minimum Gasteiger partial charge on any atom is -0.384 e. The quantitative estimate of drug-likeness (QED) is 0.922. The number of nitrogens with zero attached hydrogens (tertiary/aromatic N) is 2. The number of anilines is 1. The summed E-state index contributed by atoms with van der Waals surface area (Å²) < 4.78 is 2.61. The van der Waals surface area contributed by atoms with Crippen molar-refractivity contribution in [3.63, 3.8) is 0 Å². The maximum atomic E-state index is 5.90. The smallest absolute Gasteiger partial charge is 0.122 e. The minimum absolute atomic E-state index is 0.647. The van der Waals surface area contributed by atoms with Crippen LogP contribution in [0.15, 0.2) is 34.9 Å². The number of halogens is 2. The van der Waals surface area contributed by atoms with Gasteiger partial charge >= 0.3 is 0 Å². The number of nitrogen functional groups attached to an aromatic ring is 1. The molecule has 15 heavy (non-hydrogen) atoms. The molecule has 1 heterocycles. The van der Waals surface area contributed by atoms with E-state index >= 15 is 0 Å². The van der Waals surface area contributed by atoms with E-state index in [4.69, 9.17) is 17.3 Å². The summed E-state index contributed by atoms with van der Waals surface area (Å²) >= 11 is 9.28. The zero-order valence-corrected chi connectivity index (χ0v) is 10.2. The molecule has 0 saturated heterocycles. The molecule has 0 atom stereocenters. The Morgan fingerprint density at radius 2 is 2.20 bits per heavy atom. The monoisotopic (exact) mass is 285 g/mol. The van der Waals surface area contributed by atoms with E-state index < -0.39 is 0 Å². The van der Waals surface area contributed by atoms with E-state index in [2.05, 4.69) is 21.0 Å². The SMILES string of the molecule is Nc1ccnn1Cc1ccc(Cl)c(Br)c1. The van der Waals surface area contributed by atoms with Gasteiger partial charge < -0.3 is 5.73 Å². The van der Waals surface area contributed by atoms with Crippen LogP contribution in [-0.4, -0.2) is 9.78 Å². The van der Waals surface area contributed by atoms with Crippen molar-refractivity contribution in [1.82, 2.24) is 9.78 Å². The predicted octanol–water partition coefficient (Wildman–Crippen LogP) is 2.93. The number of hydrogen-bond acceptors (Lipinski definition) is 2. The average molecular weight is 287 g/mol. The van der Waals surface area contributed by atoms with E-state index in [1.54, 1.807) is 16.9 Å². The van der Waals surface area contributed by atoms with Crippen LogP contribution in [0.25, 0.3) is 0 Å². The molecule has 0 bridgehead atoms. The number of aromatic nitrogens is 2. The van der Waals surface area contributed by atoms with Gasteiger partial charge in [0.25, 0.3) is 0 Å². The zero-order chi connectivity index (χ0) is 10.8. The topological polar surface area (TPSA) is 43.8 Å². The van der Waals surface area contributed by atoms with Gasteiger partial charge in [-0.25, -0.2) is 4.68 Å². The Balaban J connectivity index is 2.25. The molecule has 3 nitrogen and oxygen atoms in total. The molecule has 5 heteroatoms. The first kappa shape index (κ1) is 10.5. The Bertz CT molecular complexity index is 481. The number of rotatable bonds is 2. The number of benzene rings is 1. The third kappa shape index (κ3) is 2.33. The van der Waals surface area contributed by atoms with E-state index in [0.29, 0.717) is 17.4 Å². The minimum atomic E-state index is 0.647. The van der Waals surface area contributed by atoms with E-state index in [1.165, 1.54) is 0 Å². The molecule has 1 aromatic heterocycles. The van der Waals surface area contributed by atoms with Crippen molar-refractivity contribution in [3.8, 4) is 0 Å². The van der Waals surface area contributed by atoms with Crippen LogP contribution >= 0.6 is 27.5 Å². The molecule has 2 N–H and O–H groups in total. The van der Waals surface area contributed by atoms with Crippen LogP contribution in [0.1, 0.15) is 5.56 Å². The summed E-state index contributed by atoms with van der Waals surface area (Å²) in [6.45, 7) is 0.647. The van der Waals surface area contributed by atoms with Gasteiger partial charge in [-0.3, -0.25) is 0 Å². The molecule has 0 radical (unpaired) electrons. The predicted molar refractivity (Wildman–Crippen MR) is 64.9 cm³/mol. The molecular formula is C10H9BrClN3. The summed E-state index contributed by atoms with van der Waals surface area (Å²) in [5.74, 6) is 0.654. The van der Waals surface area contributed by atoms with Crippen molar-refractivity contribution >= 4 is 33.3 Å². The fraction of sp³-hybridized carbons (Fsp3) is 0.100. The van der Waals surface area contributed by atoms with Gasteiger partial charge in [0.05, 0.1) is 17.8 Å². The molecule has 0 saturated carbocycles. The van der Waals surface area contributed by atoms with Gasteiger partial charge in [-0.1, -0.05) is 17.7 Å². The van der Waals surface area contributed by atoms with Crippen LogP contribution in [0, 0.1) is 0 Å². The maximum absolute atomic E-state index is 5.90. The third-order valence-electron chi connectivity index (χ3n) is 2.07. The molecular weight excluding hydrogens is 277 g/mol. The first-order valence-electron chi connectivity index (χ1n) is 4.38. The van der Waals surface area contributed by atoms with Crippen molar-refractivity contribution < 1.29 is 0 Å². The molecule has 0 spiro atoms. The highest BCUT2D eigenvalue weighted by Crippen LogP contribution is 2.23. The van der Waals surface area contributed by atoms with Crippen molar-refractivity contribution in [2.24, 2.45) is 0 Å². The fourth-order valence-corrected chi connectivity index (χ4v) is 1.83. The molecule has 2 aromatic rings. The maximum Gasteiger partial charge on any atom is 0.122 e. The summed E-state index contributed by atoms with van der Waals surface area (Å²) in [5, 5.41) is 4.81.